The number of likely N-dealkylation sites (tertiary alicyclic amines) is 1. The molecule has 0 bridgehead atoms. The number of hydrogen-bond acceptors (Lipinski definition) is 2. The first-order chi connectivity index (χ1) is 9.83. The number of rotatable bonds is 5. The van der Waals surface area contributed by atoms with Crippen LogP contribution in [-0.2, 0) is 13.0 Å². The lowest BCUT2D eigenvalue weighted by molar-refractivity contribution is 0.316. The van der Waals surface area contributed by atoms with Gasteiger partial charge in [-0.05, 0) is 56.7 Å². The average molecular weight is 288 g/mol. The van der Waals surface area contributed by atoms with Crippen LogP contribution in [0.25, 0.3) is 0 Å². The first-order valence-electron chi connectivity index (χ1n) is 8.39. The molecule has 2 unspecified atom stereocenters. The van der Waals surface area contributed by atoms with E-state index in [0.29, 0.717) is 0 Å². The Hall–Kier alpha value is -0.860. The number of benzene rings is 1. The molecule has 0 aromatic heterocycles. The molecule has 118 valence electrons. The highest BCUT2D eigenvalue weighted by Gasteiger charge is 2.25. The highest BCUT2D eigenvalue weighted by atomic mass is 15.1. The summed E-state index contributed by atoms with van der Waals surface area (Å²) in [4.78, 5) is 2.59. The van der Waals surface area contributed by atoms with Crippen LogP contribution in [0.4, 0.5) is 0 Å². The molecule has 2 atom stereocenters. The second-order valence-corrected chi connectivity index (χ2v) is 7.89. The highest BCUT2D eigenvalue weighted by molar-refractivity contribution is 5.23. The van der Waals surface area contributed by atoms with Crippen molar-refractivity contribution in [2.24, 2.45) is 11.8 Å². The lowest BCUT2D eigenvalue weighted by Gasteiger charge is -2.20. The minimum absolute atomic E-state index is 0.211. The van der Waals surface area contributed by atoms with Gasteiger partial charge in [-0.1, -0.05) is 38.1 Å². The molecule has 1 aliphatic rings. The Balaban J connectivity index is 1.79. The van der Waals surface area contributed by atoms with Crippen molar-refractivity contribution in [2.75, 3.05) is 19.6 Å². The van der Waals surface area contributed by atoms with Crippen LogP contribution < -0.4 is 5.32 Å². The Morgan fingerprint density at radius 2 is 1.52 bits per heavy atom. The zero-order valence-corrected chi connectivity index (χ0v) is 14.4. The van der Waals surface area contributed by atoms with Crippen LogP contribution in [0.2, 0.25) is 0 Å². The predicted molar refractivity (Wildman–Crippen MR) is 91.5 cm³/mol. The van der Waals surface area contributed by atoms with E-state index >= 15 is 0 Å². The molecule has 2 rings (SSSR count). The van der Waals surface area contributed by atoms with Crippen molar-refractivity contribution in [3.05, 3.63) is 35.4 Å². The van der Waals surface area contributed by atoms with E-state index in [0.717, 1.165) is 31.3 Å². The number of nitrogens with one attached hydrogen (secondary N) is 1. The van der Waals surface area contributed by atoms with Gasteiger partial charge in [-0.3, -0.25) is 4.90 Å². The van der Waals surface area contributed by atoms with E-state index in [9.17, 15) is 0 Å². The molecule has 1 aromatic rings. The van der Waals surface area contributed by atoms with E-state index in [4.69, 9.17) is 0 Å². The quantitative estimate of drug-likeness (QED) is 0.888. The van der Waals surface area contributed by atoms with Crippen LogP contribution in [0.1, 0.15) is 45.7 Å². The lowest BCUT2D eigenvalue weighted by atomic mass is 10.0. The summed E-state index contributed by atoms with van der Waals surface area (Å²) < 4.78 is 0. The molecule has 0 aliphatic carbocycles. The molecule has 21 heavy (non-hydrogen) atoms. The summed E-state index contributed by atoms with van der Waals surface area (Å²) in [6.07, 6.45) is 1.11. The Morgan fingerprint density at radius 3 is 2.05 bits per heavy atom. The van der Waals surface area contributed by atoms with Crippen LogP contribution >= 0.6 is 0 Å². The second-order valence-electron chi connectivity index (χ2n) is 7.89. The average Bonchev–Trinajstić information content (AvgIpc) is 2.69. The molecule has 1 aromatic carbocycles. The van der Waals surface area contributed by atoms with Crippen molar-refractivity contribution in [3.8, 4) is 0 Å². The van der Waals surface area contributed by atoms with Crippen LogP contribution in [0, 0.1) is 11.8 Å². The summed E-state index contributed by atoms with van der Waals surface area (Å²) >= 11 is 0. The van der Waals surface area contributed by atoms with Crippen molar-refractivity contribution in [1.29, 1.82) is 0 Å². The Bertz CT molecular complexity index is 420. The zero-order valence-electron chi connectivity index (χ0n) is 14.4. The Morgan fingerprint density at radius 1 is 1.00 bits per heavy atom. The van der Waals surface area contributed by atoms with E-state index in [2.05, 4.69) is 69.1 Å². The minimum Gasteiger partial charge on any atom is -0.312 e. The van der Waals surface area contributed by atoms with Crippen molar-refractivity contribution >= 4 is 0 Å². The van der Waals surface area contributed by atoms with E-state index < -0.39 is 0 Å². The Labute approximate surface area is 130 Å². The summed E-state index contributed by atoms with van der Waals surface area (Å²) in [5.74, 6) is 1.68. The van der Waals surface area contributed by atoms with Crippen LogP contribution in [0.3, 0.4) is 0 Å². The summed E-state index contributed by atoms with van der Waals surface area (Å²) in [6.45, 7) is 16.0. The van der Waals surface area contributed by atoms with Gasteiger partial charge in [-0.25, -0.2) is 0 Å². The van der Waals surface area contributed by atoms with Gasteiger partial charge >= 0.3 is 0 Å². The fourth-order valence-corrected chi connectivity index (χ4v) is 3.03. The number of nitrogens with zero attached hydrogens (tertiary/aromatic N) is 1. The first-order valence-corrected chi connectivity index (χ1v) is 8.39. The topological polar surface area (TPSA) is 15.3 Å². The summed E-state index contributed by atoms with van der Waals surface area (Å²) in [6, 6.07) is 9.20. The van der Waals surface area contributed by atoms with E-state index in [1.807, 2.05) is 0 Å². The van der Waals surface area contributed by atoms with Crippen LogP contribution in [0.5, 0.6) is 0 Å². The van der Waals surface area contributed by atoms with Crippen molar-refractivity contribution < 1.29 is 0 Å². The van der Waals surface area contributed by atoms with Gasteiger partial charge in [-0.15, -0.1) is 0 Å². The predicted octanol–water partition coefficient (Wildman–Crippen LogP) is 3.71. The molecule has 2 heteroatoms. The summed E-state index contributed by atoms with van der Waals surface area (Å²) in [5.41, 5.74) is 3.09. The standard InChI is InChI=1S/C19H32N2/c1-15-12-21(13-16(15)2)14-18-8-6-17(7-9-18)10-11-20-19(3,4)5/h6-9,15-16,20H,10-14H2,1-5H3. The maximum Gasteiger partial charge on any atom is 0.0233 e. The van der Waals surface area contributed by atoms with Gasteiger partial charge < -0.3 is 5.32 Å². The van der Waals surface area contributed by atoms with Crippen molar-refractivity contribution in [2.45, 2.75) is 53.1 Å². The van der Waals surface area contributed by atoms with Gasteiger partial charge in [0.05, 0.1) is 0 Å². The van der Waals surface area contributed by atoms with Crippen LogP contribution in [-0.4, -0.2) is 30.1 Å². The molecule has 1 N–H and O–H groups in total. The third kappa shape index (κ3) is 5.44. The van der Waals surface area contributed by atoms with Crippen molar-refractivity contribution in [1.82, 2.24) is 10.2 Å². The molecule has 2 nitrogen and oxygen atoms in total. The van der Waals surface area contributed by atoms with E-state index in [1.54, 1.807) is 0 Å². The molecule has 0 amide bonds. The van der Waals surface area contributed by atoms with E-state index in [1.165, 1.54) is 24.2 Å². The highest BCUT2D eigenvalue weighted by Crippen LogP contribution is 2.23. The molecule has 1 heterocycles. The normalized spacial score (nSPS) is 23.7. The maximum atomic E-state index is 3.55. The summed E-state index contributed by atoms with van der Waals surface area (Å²) in [7, 11) is 0. The number of hydrogen-bond donors (Lipinski definition) is 1. The molecule has 1 aliphatic heterocycles. The van der Waals surface area contributed by atoms with Gasteiger partial charge in [0.1, 0.15) is 0 Å². The summed E-state index contributed by atoms with van der Waals surface area (Å²) in [5, 5.41) is 3.55. The van der Waals surface area contributed by atoms with Gasteiger partial charge in [0.25, 0.3) is 0 Å². The van der Waals surface area contributed by atoms with Crippen LogP contribution in [0.15, 0.2) is 24.3 Å². The molecule has 0 saturated carbocycles. The lowest BCUT2D eigenvalue weighted by Crippen LogP contribution is -2.37. The van der Waals surface area contributed by atoms with Gasteiger partial charge in [0, 0.05) is 25.2 Å². The maximum absolute atomic E-state index is 3.55. The van der Waals surface area contributed by atoms with Gasteiger partial charge in [0.2, 0.25) is 0 Å². The smallest absolute Gasteiger partial charge is 0.0233 e. The molecule has 1 saturated heterocycles. The van der Waals surface area contributed by atoms with Gasteiger partial charge in [0.15, 0.2) is 0 Å². The van der Waals surface area contributed by atoms with E-state index in [-0.39, 0.29) is 5.54 Å². The Kier molecular flexibility index (Phi) is 5.45. The first kappa shape index (κ1) is 16.5. The molecular formula is C19H32N2. The molecular weight excluding hydrogens is 256 g/mol. The minimum atomic E-state index is 0.211. The molecule has 0 spiro atoms. The van der Waals surface area contributed by atoms with Gasteiger partial charge in [-0.2, -0.15) is 0 Å². The fraction of sp³-hybridized carbons (Fsp3) is 0.684. The third-order valence-electron chi connectivity index (χ3n) is 4.56. The zero-order chi connectivity index (χ0) is 15.5. The molecule has 1 fully saturated rings. The monoisotopic (exact) mass is 288 g/mol. The SMILES string of the molecule is CC1CN(Cc2ccc(CCNC(C)(C)C)cc2)CC1C. The molecule has 0 radical (unpaired) electrons. The second kappa shape index (κ2) is 6.93. The largest absolute Gasteiger partial charge is 0.312 e. The third-order valence-corrected chi connectivity index (χ3v) is 4.56. The fourth-order valence-electron chi connectivity index (χ4n) is 3.03. The van der Waals surface area contributed by atoms with Crippen molar-refractivity contribution in [3.63, 3.8) is 0 Å².